The number of hydrogen-bond acceptors (Lipinski definition) is 7. The summed E-state index contributed by atoms with van der Waals surface area (Å²) in [6, 6.07) is 7.80. The van der Waals surface area contributed by atoms with Crippen LogP contribution in [0.25, 0.3) is 32.9 Å². The maximum absolute atomic E-state index is 16.5. The standard InChI is InChI=1S/C30H29ClF3N5O2/c1-38-11-16(32)7-19(38)14-41-25-9-24(39-12-17-3-4-18(13-39)36-17)22-10-35-29(28(34)30(22)37-25)21-8-20(40)6-15-2-5-23(33)27(31)26(15)21/h2,5-6,8-10,16-19,36,40H,3-4,7,11-14H2,1H3/t16-,17?,18?,19-/m0/s1. The van der Waals surface area contributed by atoms with Crippen LogP contribution in [0.15, 0.2) is 36.5 Å². The second-order valence-electron chi connectivity index (χ2n) is 11.4. The molecule has 3 aliphatic heterocycles. The van der Waals surface area contributed by atoms with E-state index in [1.807, 2.05) is 18.0 Å². The number of aromatic nitrogens is 2. The van der Waals surface area contributed by atoms with Crippen LogP contribution in [0.5, 0.6) is 11.6 Å². The van der Waals surface area contributed by atoms with Crippen molar-refractivity contribution >= 4 is 39.0 Å². The van der Waals surface area contributed by atoms with Gasteiger partial charge in [-0.1, -0.05) is 17.7 Å². The minimum Gasteiger partial charge on any atom is -0.508 e. The van der Waals surface area contributed by atoms with Crippen LogP contribution in [-0.2, 0) is 0 Å². The van der Waals surface area contributed by atoms with Crippen molar-refractivity contribution in [2.75, 3.05) is 38.2 Å². The maximum Gasteiger partial charge on any atom is 0.216 e. The van der Waals surface area contributed by atoms with Gasteiger partial charge in [-0.3, -0.25) is 9.88 Å². The van der Waals surface area contributed by atoms with Crippen molar-refractivity contribution in [1.29, 1.82) is 0 Å². The molecule has 3 fully saturated rings. The molecule has 0 saturated carbocycles. The summed E-state index contributed by atoms with van der Waals surface area (Å²) in [6.45, 7) is 2.06. The molecule has 0 spiro atoms. The number of benzene rings is 2. The Hall–Kier alpha value is -3.34. The third-order valence-corrected chi connectivity index (χ3v) is 8.99. The summed E-state index contributed by atoms with van der Waals surface area (Å²) in [5, 5.41) is 15.0. The zero-order valence-electron chi connectivity index (χ0n) is 22.4. The largest absolute Gasteiger partial charge is 0.508 e. The van der Waals surface area contributed by atoms with Gasteiger partial charge in [-0.05, 0) is 49.9 Å². The Labute approximate surface area is 239 Å². The van der Waals surface area contributed by atoms with Crippen LogP contribution in [0.3, 0.4) is 0 Å². The second kappa shape index (κ2) is 10.2. The molecule has 5 heterocycles. The smallest absolute Gasteiger partial charge is 0.216 e. The van der Waals surface area contributed by atoms with Crippen LogP contribution in [0.4, 0.5) is 18.9 Å². The number of phenols is 1. The lowest BCUT2D eigenvalue weighted by molar-refractivity contribution is 0.193. The Morgan fingerprint density at radius 1 is 1.12 bits per heavy atom. The maximum atomic E-state index is 16.5. The fourth-order valence-corrected chi connectivity index (χ4v) is 6.86. The van der Waals surface area contributed by atoms with Crippen LogP contribution in [-0.4, -0.2) is 77.6 Å². The molecular weight excluding hydrogens is 555 g/mol. The Kier molecular flexibility index (Phi) is 6.59. The minimum atomic E-state index is -0.912. The fraction of sp³-hybridized carbons (Fsp3) is 0.400. The van der Waals surface area contributed by atoms with Crippen molar-refractivity contribution in [1.82, 2.24) is 20.2 Å². The highest BCUT2D eigenvalue weighted by atomic mass is 35.5. The highest BCUT2D eigenvalue weighted by molar-refractivity contribution is 6.37. The number of halogens is 4. The predicted octanol–water partition coefficient (Wildman–Crippen LogP) is 5.45. The molecule has 2 bridgehead atoms. The van der Waals surface area contributed by atoms with Gasteiger partial charge in [-0.2, -0.15) is 0 Å². The normalized spacial score (nSPS) is 24.6. The van der Waals surface area contributed by atoms with Gasteiger partial charge in [-0.25, -0.2) is 18.2 Å². The first kappa shape index (κ1) is 26.6. The number of likely N-dealkylation sites (N-methyl/N-ethyl adjacent to an activating group) is 1. The van der Waals surface area contributed by atoms with Gasteiger partial charge >= 0.3 is 0 Å². The molecule has 7 nitrogen and oxygen atoms in total. The summed E-state index contributed by atoms with van der Waals surface area (Å²) >= 11 is 6.33. The molecule has 41 heavy (non-hydrogen) atoms. The number of likely N-dealkylation sites (tertiary alicyclic amines) is 1. The van der Waals surface area contributed by atoms with Gasteiger partial charge in [0.25, 0.3) is 0 Å². The van der Waals surface area contributed by atoms with Crippen LogP contribution in [0, 0.1) is 11.6 Å². The predicted molar refractivity (Wildman–Crippen MR) is 153 cm³/mol. The van der Waals surface area contributed by atoms with Crippen molar-refractivity contribution in [3.05, 3.63) is 53.2 Å². The molecule has 2 aromatic heterocycles. The van der Waals surface area contributed by atoms with Gasteiger partial charge in [0.2, 0.25) is 5.88 Å². The van der Waals surface area contributed by atoms with Gasteiger partial charge < -0.3 is 20.1 Å². The Morgan fingerprint density at radius 3 is 2.63 bits per heavy atom. The van der Waals surface area contributed by atoms with Crippen molar-refractivity contribution in [3.8, 4) is 22.9 Å². The molecule has 2 aromatic carbocycles. The molecule has 0 radical (unpaired) electrons. The summed E-state index contributed by atoms with van der Waals surface area (Å²) in [4.78, 5) is 13.2. The summed E-state index contributed by atoms with van der Waals surface area (Å²) < 4.78 is 51.0. The highest BCUT2D eigenvalue weighted by Crippen LogP contribution is 2.41. The van der Waals surface area contributed by atoms with Crippen molar-refractivity contribution in [2.24, 2.45) is 0 Å². The molecule has 214 valence electrons. The van der Waals surface area contributed by atoms with Gasteiger partial charge in [-0.15, -0.1) is 0 Å². The second-order valence-corrected chi connectivity index (χ2v) is 11.8. The molecule has 3 aliphatic rings. The number of nitrogens with one attached hydrogen (secondary N) is 1. The zero-order chi connectivity index (χ0) is 28.4. The van der Waals surface area contributed by atoms with E-state index in [2.05, 4.69) is 20.2 Å². The van der Waals surface area contributed by atoms with Gasteiger partial charge in [0.1, 0.15) is 35.6 Å². The van der Waals surface area contributed by atoms with E-state index in [9.17, 15) is 13.9 Å². The Morgan fingerprint density at radius 2 is 1.90 bits per heavy atom. The van der Waals surface area contributed by atoms with Crippen molar-refractivity contribution in [3.63, 3.8) is 0 Å². The lowest BCUT2D eigenvalue weighted by atomic mass is 9.99. The quantitative estimate of drug-likeness (QED) is 0.324. The summed E-state index contributed by atoms with van der Waals surface area (Å²) in [6.07, 6.45) is 3.16. The van der Waals surface area contributed by atoms with Crippen molar-refractivity contribution < 1.29 is 23.0 Å². The number of ether oxygens (including phenoxy) is 1. The first-order valence-electron chi connectivity index (χ1n) is 13.8. The lowest BCUT2D eigenvalue weighted by Gasteiger charge is -2.35. The zero-order valence-corrected chi connectivity index (χ0v) is 23.1. The number of alkyl halides is 1. The van der Waals surface area contributed by atoms with E-state index in [1.165, 1.54) is 24.3 Å². The van der Waals surface area contributed by atoms with Crippen LogP contribution in [0.2, 0.25) is 5.02 Å². The summed E-state index contributed by atoms with van der Waals surface area (Å²) in [7, 11) is 1.86. The number of pyridine rings is 2. The minimum absolute atomic E-state index is 0.0422. The molecular formula is C30H29ClF3N5O2. The molecule has 7 rings (SSSR count). The third kappa shape index (κ3) is 4.71. The number of hydrogen-bond donors (Lipinski definition) is 2. The molecule has 0 amide bonds. The first-order chi connectivity index (χ1) is 19.7. The Bertz CT molecular complexity index is 1660. The number of anilines is 1. The van der Waals surface area contributed by atoms with Gasteiger partial charge in [0, 0.05) is 66.4 Å². The van der Waals surface area contributed by atoms with E-state index in [-0.39, 0.29) is 51.5 Å². The van der Waals surface area contributed by atoms with Crippen LogP contribution < -0.4 is 15.0 Å². The fourth-order valence-electron chi connectivity index (χ4n) is 6.58. The van der Waals surface area contributed by atoms with Gasteiger partial charge in [0.05, 0.1) is 10.7 Å². The van der Waals surface area contributed by atoms with Crippen LogP contribution >= 0.6 is 11.6 Å². The topological polar surface area (TPSA) is 73.8 Å². The van der Waals surface area contributed by atoms with E-state index >= 15 is 4.39 Å². The van der Waals surface area contributed by atoms with E-state index in [0.29, 0.717) is 35.8 Å². The van der Waals surface area contributed by atoms with E-state index in [4.69, 9.17) is 16.3 Å². The molecule has 2 unspecified atom stereocenters. The third-order valence-electron chi connectivity index (χ3n) is 8.62. The lowest BCUT2D eigenvalue weighted by Crippen LogP contribution is -2.51. The molecule has 0 aliphatic carbocycles. The molecule has 4 atom stereocenters. The summed E-state index contributed by atoms with van der Waals surface area (Å²) in [5.41, 5.74) is 0.841. The highest BCUT2D eigenvalue weighted by Gasteiger charge is 2.34. The monoisotopic (exact) mass is 583 g/mol. The first-order valence-corrected chi connectivity index (χ1v) is 14.2. The number of piperazine rings is 1. The number of aromatic hydroxyl groups is 1. The average molecular weight is 584 g/mol. The van der Waals surface area contributed by atoms with E-state index in [0.717, 1.165) is 31.6 Å². The number of phenolic OH excluding ortho intramolecular Hbond substituents is 1. The van der Waals surface area contributed by atoms with Crippen molar-refractivity contribution in [2.45, 2.75) is 43.6 Å². The number of fused-ring (bicyclic) bond motifs is 4. The number of rotatable bonds is 5. The van der Waals surface area contributed by atoms with Gasteiger partial charge in [0.15, 0.2) is 5.82 Å². The number of nitrogens with zero attached hydrogens (tertiary/aromatic N) is 4. The molecule has 11 heteroatoms. The average Bonchev–Trinajstić information content (AvgIpc) is 3.46. The Balaban J connectivity index is 1.37. The van der Waals surface area contributed by atoms with Crippen LogP contribution in [0.1, 0.15) is 19.3 Å². The molecule has 3 saturated heterocycles. The molecule has 2 N–H and O–H groups in total. The summed E-state index contributed by atoms with van der Waals surface area (Å²) in [5.74, 6) is -1.30. The molecule has 4 aromatic rings. The van der Waals surface area contributed by atoms with E-state index < -0.39 is 17.8 Å². The SMILES string of the molecule is CN1C[C@@H](F)C[C@H]1COc1cc(N2CC3CCC(C2)N3)c2cnc(-c3cc(O)cc4ccc(F)c(Cl)c34)c(F)c2n1. The van der Waals surface area contributed by atoms with E-state index in [1.54, 1.807) is 6.20 Å².